The van der Waals surface area contributed by atoms with Crippen LogP contribution in [0.3, 0.4) is 0 Å². The molecule has 0 spiro atoms. The van der Waals surface area contributed by atoms with Crippen molar-refractivity contribution in [3.05, 3.63) is 54.2 Å². The Kier molecular flexibility index (Phi) is 2.60. The SMILES string of the molecule is NC(Cc1ccoc1)c1cccnc1. The Bertz CT molecular complexity index is 369. The van der Waals surface area contributed by atoms with Crippen molar-refractivity contribution >= 4 is 0 Å². The van der Waals surface area contributed by atoms with Gasteiger partial charge in [0.25, 0.3) is 0 Å². The van der Waals surface area contributed by atoms with Crippen LogP contribution in [-0.2, 0) is 6.42 Å². The minimum absolute atomic E-state index is 0.0127. The number of hydrogen-bond acceptors (Lipinski definition) is 3. The fraction of sp³-hybridized carbons (Fsp3) is 0.182. The Morgan fingerprint density at radius 1 is 1.43 bits per heavy atom. The molecule has 2 N–H and O–H groups in total. The minimum atomic E-state index is -0.0127. The summed E-state index contributed by atoms with van der Waals surface area (Å²) in [5.41, 5.74) is 8.17. The Hall–Kier alpha value is -1.61. The van der Waals surface area contributed by atoms with Crippen LogP contribution in [0.2, 0.25) is 0 Å². The summed E-state index contributed by atoms with van der Waals surface area (Å²) >= 11 is 0. The summed E-state index contributed by atoms with van der Waals surface area (Å²) in [6.45, 7) is 0. The predicted octanol–water partition coefficient (Wildman–Crippen LogP) is 1.92. The average Bonchev–Trinajstić information content (AvgIpc) is 2.72. The molecule has 1 unspecified atom stereocenters. The van der Waals surface area contributed by atoms with E-state index in [0.29, 0.717) is 0 Å². The van der Waals surface area contributed by atoms with E-state index >= 15 is 0 Å². The monoisotopic (exact) mass is 188 g/mol. The van der Waals surface area contributed by atoms with E-state index < -0.39 is 0 Å². The van der Waals surface area contributed by atoms with Gasteiger partial charge < -0.3 is 10.2 Å². The van der Waals surface area contributed by atoms with Crippen LogP contribution in [0.5, 0.6) is 0 Å². The molecule has 0 aromatic carbocycles. The topological polar surface area (TPSA) is 52.0 Å². The number of nitrogens with two attached hydrogens (primary N) is 1. The van der Waals surface area contributed by atoms with Gasteiger partial charge in [0.15, 0.2) is 0 Å². The highest BCUT2D eigenvalue weighted by molar-refractivity contribution is 5.17. The molecule has 14 heavy (non-hydrogen) atoms. The lowest BCUT2D eigenvalue weighted by Gasteiger charge is -2.09. The molecule has 2 heterocycles. The summed E-state index contributed by atoms with van der Waals surface area (Å²) in [5, 5.41) is 0. The molecule has 1 atom stereocenters. The molecule has 3 heteroatoms. The summed E-state index contributed by atoms with van der Waals surface area (Å²) in [4.78, 5) is 4.03. The number of hydrogen-bond donors (Lipinski definition) is 1. The molecular formula is C11H12N2O. The average molecular weight is 188 g/mol. The van der Waals surface area contributed by atoms with E-state index in [1.165, 1.54) is 0 Å². The molecule has 2 rings (SSSR count). The van der Waals surface area contributed by atoms with Crippen LogP contribution in [0, 0.1) is 0 Å². The first-order chi connectivity index (χ1) is 6.86. The van der Waals surface area contributed by atoms with Gasteiger partial charge in [-0.15, -0.1) is 0 Å². The van der Waals surface area contributed by atoms with Crippen LogP contribution >= 0.6 is 0 Å². The Balaban J connectivity index is 2.07. The quantitative estimate of drug-likeness (QED) is 0.800. The first kappa shape index (κ1) is 8.97. The molecule has 0 saturated heterocycles. The minimum Gasteiger partial charge on any atom is -0.472 e. The van der Waals surface area contributed by atoms with Crippen molar-refractivity contribution in [3.8, 4) is 0 Å². The molecule has 3 nitrogen and oxygen atoms in total. The second kappa shape index (κ2) is 4.07. The Morgan fingerprint density at radius 3 is 3.00 bits per heavy atom. The molecule has 0 saturated carbocycles. The van der Waals surface area contributed by atoms with E-state index in [0.717, 1.165) is 17.5 Å². The maximum absolute atomic E-state index is 6.00. The molecule has 0 fully saturated rings. The van der Waals surface area contributed by atoms with E-state index in [4.69, 9.17) is 10.2 Å². The summed E-state index contributed by atoms with van der Waals surface area (Å²) < 4.78 is 4.98. The highest BCUT2D eigenvalue weighted by atomic mass is 16.3. The van der Waals surface area contributed by atoms with E-state index in [2.05, 4.69) is 4.98 Å². The lowest BCUT2D eigenvalue weighted by atomic mass is 10.0. The molecule has 0 bridgehead atoms. The zero-order valence-electron chi connectivity index (χ0n) is 7.76. The molecule has 0 aliphatic rings. The van der Waals surface area contributed by atoms with Crippen LogP contribution in [0.1, 0.15) is 17.2 Å². The zero-order chi connectivity index (χ0) is 9.80. The maximum atomic E-state index is 6.00. The third-order valence-corrected chi connectivity index (χ3v) is 2.15. The van der Waals surface area contributed by atoms with Gasteiger partial charge >= 0.3 is 0 Å². The lowest BCUT2D eigenvalue weighted by Crippen LogP contribution is -2.12. The van der Waals surface area contributed by atoms with Crippen molar-refractivity contribution in [1.82, 2.24) is 4.98 Å². The van der Waals surface area contributed by atoms with Crippen molar-refractivity contribution in [2.75, 3.05) is 0 Å². The van der Waals surface area contributed by atoms with Gasteiger partial charge in [0, 0.05) is 18.4 Å². The van der Waals surface area contributed by atoms with Crippen molar-refractivity contribution in [1.29, 1.82) is 0 Å². The largest absolute Gasteiger partial charge is 0.472 e. The Morgan fingerprint density at radius 2 is 2.36 bits per heavy atom. The van der Waals surface area contributed by atoms with Crippen LogP contribution in [0.15, 0.2) is 47.5 Å². The van der Waals surface area contributed by atoms with Gasteiger partial charge in [-0.2, -0.15) is 0 Å². The van der Waals surface area contributed by atoms with Gasteiger partial charge in [-0.25, -0.2) is 0 Å². The molecule has 72 valence electrons. The first-order valence-electron chi connectivity index (χ1n) is 4.53. The van der Waals surface area contributed by atoms with Crippen molar-refractivity contribution in [2.45, 2.75) is 12.5 Å². The number of pyridine rings is 1. The van der Waals surface area contributed by atoms with Crippen molar-refractivity contribution in [3.63, 3.8) is 0 Å². The maximum Gasteiger partial charge on any atom is 0.0935 e. The number of rotatable bonds is 3. The number of furan rings is 1. The van der Waals surface area contributed by atoms with Crippen LogP contribution in [0.25, 0.3) is 0 Å². The molecule has 2 aromatic rings. The highest BCUT2D eigenvalue weighted by Crippen LogP contribution is 2.14. The summed E-state index contributed by atoms with van der Waals surface area (Å²) in [5.74, 6) is 0. The summed E-state index contributed by atoms with van der Waals surface area (Å²) in [6, 6.07) is 5.79. The molecular weight excluding hydrogens is 176 g/mol. The Labute approximate surface area is 82.6 Å². The summed E-state index contributed by atoms with van der Waals surface area (Å²) in [7, 11) is 0. The van der Waals surface area contributed by atoms with Crippen LogP contribution in [-0.4, -0.2) is 4.98 Å². The molecule has 0 amide bonds. The normalized spacial score (nSPS) is 12.6. The molecule has 0 radical (unpaired) electrons. The fourth-order valence-corrected chi connectivity index (χ4v) is 1.38. The number of nitrogens with zero attached hydrogens (tertiary/aromatic N) is 1. The summed E-state index contributed by atoms with van der Waals surface area (Å²) in [6.07, 6.45) is 7.70. The van der Waals surface area contributed by atoms with Gasteiger partial charge in [-0.05, 0) is 29.7 Å². The third-order valence-electron chi connectivity index (χ3n) is 2.15. The zero-order valence-corrected chi connectivity index (χ0v) is 7.76. The van der Waals surface area contributed by atoms with E-state index in [-0.39, 0.29) is 6.04 Å². The van der Waals surface area contributed by atoms with Crippen LogP contribution < -0.4 is 5.73 Å². The third kappa shape index (κ3) is 2.00. The lowest BCUT2D eigenvalue weighted by molar-refractivity contribution is 0.561. The smallest absolute Gasteiger partial charge is 0.0935 e. The van der Waals surface area contributed by atoms with Crippen LogP contribution in [0.4, 0.5) is 0 Å². The van der Waals surface area contributed by atoms with E-state index in [1.807, 2.05) is 18.2 Å². The van der Waals surface area contributed by atoms with Crippen molar-refractivity contribution < 1.29 is 4.42 Å². The number of aromatic nitrogens is 1. The van der Waals surface area contributed by atoms with Gasteiger partial charge in [0.05, 0.1) is 12.5 Å². The highest BCUT2D eigenvalue weighted by Gasteiger charge is 2.07. The standard InChI is InChI=1S/C11H12N2O/c12-11(6-9-3-5-14-8-9)10-2-1-4-13-7-10/h1-5,7-8,11H,6,12H2. The van der Waals surface area contributed by atoms with E-state index in [9.17, 15) is 0 Å². The fourth-order valence-electron chi connectivity index (χ4n) is 1.38. The van der Waals surface area contributed by atoms with Gasteiger partial charge in [-0.3, -0.25) is 4.98 Å². The van der Waals surface area contributed by atoms with Crippen molar-refractivity contribution in [2.24, 2.45) is 5.73 Å². The second-order valence-corrected chi connectivity index (χ2v) is 3.23. The predicted molar refractivity (Wildman–Crippen MR) is 53.6 cm³/mol. The first-order valence-corrected chi connectivity index (χ1v) is 4.53. The van der Waals surface area contributed by atoms with Gasteiger partial charge in [-0.1, -0.05) is 6.07 Å². The molecule has 0 aliphatic carbocycles. The molecule has 0 aliphatic heterocycles. The second-order valence-electron chi connectivity index (χ2n) is 3.23. The van der Waals surface area contributed by atoms with E-state index in [1.54, 1.807) is 24.9 Å². The van der Waals surface area contributed by atoms with Gasteiger partial charge in [0.1, 0.15) is 0 Å². The molecule has 2 aromatic heterocycles. The van der Waals surface area contributed by atoms with Gasteiger partial charge in [0.2, 0.25) is 0 Å².